The standard InChI is InChI=1S/C15H18N4O/c1-2-13-18-14(6-15(20)19-13)17-7-10-3-4-11-8-16-9-12(11)5-10/h3-6,16H,2,7-9H2,1H3,(H2,17,18,19,20). The third kappa shape index (κ3) is 2.72. The summed E-state index contributed by atoms with van der Waals surface area (Å²) in [7, 11) is 0. The predicted octanol–water partition coefficient (Wildman–Crippen LogP) is 1.55. The molecule has 5 nitrogen and oxygen atoms in total. The summed E-state index contributed by atoms with van der Waals surface area (Å²) in [6.07, 6.45) is 0.718. The molecule has 20 heavy (non-hydrogen) atoms. The number of nitrogens with one attached hydrogen (secondary N) is 3. The number of aromatic amines is 1. The smallest absolute Gasteiger partial charge is 0.252 e. The zero-order valence-electron chi connectivity index (χ0n) is 11.5. The molecular formula is C15H18N4O. The van der Waals surface area contributed by atoms with Crippen LogP contribution in [0.4, 0.5) is 5.82 Å². The van der Waals surface area contributed by atoms with E-state index < -0.39 is 0 Å². The molecule has 1 aromatic carbocycles. The number of benzene rings is 1. The highest BCUT2D eigenvalue weighted by molar-refractivity contribution is 5.38. The number of aryl methyl sites for hydroxylation is 1. The monoisotopic (exact) mass is 270 g/mol. The van der Waals surface area contributed by atoms with E-state index in [0.29, 0.717) is 18.2 Å². The summed E-state index contributed by atoms with van der Waals surface area (Å²) >= 11 is 0. The van der Waals surface area contributed by atoms with Crippen molar-refractivity contribution < 1.29 is 0 Å². The van der Waals surface area contributed by atoms with E-state index in [2.05, 4.69) is 38.8 Å². The molecule has 1 aliphatic rings. The van der Waals surface area contributed by atoms with Gasteiger partial charge >= 0.3 is 0 Å². The van der Waals surface area contributed by atoms with Crippen molar-refractivity contribution in [2.75, 3.05) is 5.32 Å². The van der Waals surface area contributed by atoms with Crippen LogP contribution in [0.1, 0.15) is 29.4 Å². The first-order chi connectivity index (χ1) is 9.74. The molecule has 0 fully saturated rings. The summed E-state index contributed by atoms with van der Waals surface area (Å²) in [5, 5.41) is 6.55. The number of hydrogen-bond acceptors (Lipinski definition) is 4. The van der Waals surface area contributed by atoms with E-state index in [0.717, 1.165) is 19.5 Å². The fourth-order valence-corrected chi connectivity index (χ4v) is 2.42. The normalized spacial score (nSPS) is 13.2. The van der Waals surface area contributed by atoms with Gasteiger partial charge in [0.25, 0.3) is 5.56 Å². The van der Waals surface area contributed by atoms with Crippen LogP contribution in [0.15, 0.2) is 29.1 Å². The zero-order valence-corrected chi connectivity index (χ0v) is 11.5. The number of fused-ring (bicyclic) bond motifs is 1. The van der Waals surface area contributed by atoms with Gasteiger partial charge in [-0.1, -0.05) is 25.1 Å². The highest BCUT2D eigenvalue weighted by Gasteiger charge is 2.09. The fraction of sp³-hybridized carbons (Fsp3) is 0.333. The molecule has 1 aliphatic heterocycles. The largest absolute Gasteiger partial charge is 0.366 e. The van der Waals surface area contributed by atoms with Crippen molar-refractivity contribution in [3.05, 3.63) is 57.1 Å². The van der Waals surface area contributed by atoms with Gasteiger partial charge in [0.05, 0.1) is 0 Å². The van der Waals surface area contributed by atoms with Gasteiger partial charge in [-0.05, 0) is 16.7 Å². The van der Waals surface area contributed by atoms with Gasteiger partial charge < -0.3 is 15.6 Å². The Morgan fingerprint density at radius 1 is 1.25 bits per heavy atom. The van der Waals surface area contributed by atoms with Crippen LogP contribution in [-0.2, 0) is 26.1 Å². The summed E-state index contributed by atoms with van der Waals surface area (Å²) in [6.45, 7) is 4.54. The Bertz CT molecular complexity index is 678. The lowest BCUT2D eigenvalue weighted by molar-refractivity contribution is 0.764. The summed E-state index contributed by atoms with van der Waals surface area (Å²) in [5.74, 6) is 1.34. The summed E-state index contributed by atoms with van der Waals surface area (Å²) in [5.41, 5.74) is 3.82. The Kier molecular flexibility index (Phi) is 3.52. The Morgan fingerprint density at radius 3 is 2.95 bits per heavy atom. The van der Waals surface area contributed by atoms with Crippen molar-refractivity contribution >= 4 is 5.82 Å². The van der Waals surface area contributed by atoms with Gasteiger partial charge in [-0.15, -0.1) is 0 Å². The number of nitrogens with zero attached hydrogens (tertiary/aromatic N) is 1. The third-order valence-corrected chi connectivity index (χ3v) is 3.50. The number of hydrogen-bond donors (Lipinski definition) is 3. The lowest BCUT2D eigenvalue weighted by Crippen LogP contribution is -2.13. The van der Waals surface area contributed by atoms with Crippen molar-refractivity contribution in [2.24, 2.45) is 0 Å². The minimum Gasteiger partial charge on any atom is -0.366 e. The van der Waals surface area contributed by atoms with E-state index in [1.807, 2.05) is 6.92 Å². The maximum absolute atomic E-state index is 11.5. The van der Waals surface area contributed by atoms with Gasteiger partial charge in [0, 0.05) is 32.1 Å². The summed E-state index contributed by atoms with van der Waals surface area (Å²) < 4.78 is 0. The van der Waals surface area contributed by atoms with Crippen LogP contribution in [0, 0.1) is 0 Å². The Hall–Kier alpha value is -2.14. The number of aromatic nitrogens is 2. The van der Waals surface area contributed by atoms with Crippen molar-refractivity contribution in [3.8, 4) is 0 Å². The summed E-state index contributed by atoms with van der Waals surface area (Å²) in [6, 6.07) is 7.98. The second-order valence-corrected chi connectivity index (χ2v) is 4.99. The molecule has 2 aromatic rings. The molecule has 0 amide bonds. The van der Waals surface area contributed by atoms with E-state index in [4.69, 9.17) is 0 Å². The molecule has 0 atom stereocenters. The first-order valence-electron chi connectivity index (χ1n) is 6.90. The van der Waals surface area contributed by atoms with Gasteiger partial charge in [-0.25, -0.2) is 4.98 Å². The van der Waals surface area contributed by atoms with Crippen LogP contribution >= 0.6 is 0 Å². The van der Waals surface area contributed by atoms with Crippen LogP contribution < -0.4 is 16.2 Å². The van der Waals surface area contributed by atoms with Gasteiger partial charge in [-0.2, -0.15) is 0 Å². The quantitative estimate of drug-likeness (QED) is 0.788. The predicted molar refractivity (Wildman–Crippen MR) is 78.5 cm³/mol. The molecule has 0 unspecified atom stereocenters. The van der Waals surface area contributed by atoms with Crippen LogP contribution in [0.5, 0.6) is 0 Å². The lowest BCUT2D eigenvalue weighted by Gasteiger charge is -2.08. The van der Waals surface area contributed by atoms with Crippen LogP contribution in [0.25, 0.3) is 0 Å². The van der Waals surface area contributed by atoms with Gasteiger partial charge in [0.1, 0.15) is 11.6 Å². The van der Waals surface area contributed by atoms with E-state index in [9.17, 15) is 4.79 Å². The topological polar surface area (TPSA) is 69.8 Å². The molecule has 0 radical (unpaired) electrons. The van der Waals surface area contributed by atoms with E-state index >= 15 is 0 Å². The molecular weight excluding hydrogens is 252 g/mol. The SMILES string of the molecule is CCc1nc(NCc2ccc3c(c2)CNC3)cc(=O)[nH]1. The van der Waals surface area contributed by atoms with Crippen molar-refractivity contribution in [3.63, 3.8) is 0 Å². The molecule has 104 valence electrons. The Balaban J connectivity index is 1.73. The van der Waals surface area contributed by atoms with Crippen LogP contribution in [-0.4, -0.2) is 9.97 Å². The summed E-state index contributed by atoms with van der Waals surface area (Å²) in [4.78, 5) is 18.6. The molecule has 3 N–H and O–H groups in total. The molecule has 3 rings (SSSR count). The number of anilines is 1. The van der Waals surface area contributed by atoms with Gasteiger partial charge in [-0.3, -0.25) is 4.79 Å². The lowest BCUT2D eigenvalue weighted by atomic mass is 10.1. The van der Waals surface area contributed by atoms with E-state index in [1.165, 1.54) is 22.8 Å². The van der Waals surface area contributed by atoms with Gasteiger partial charge in [0.2, 0.25) is 0 Å². The minimum absolute atomic E-state index is 0.113. The highest BCUT2D eigenvalue weighted by Crippen LogP contribution is 2.17. The average molecular weight is 270 g/mol. The fourth-order valence-electron chi connectivity index (χ4n) is 2.42. The Labute approximate surface area is 117 Å². The minimum atomic E-state index is -0.113. The second-order valence-electron chi connectivity index (χ2n) is 4.99. The van der Waals surface area contributed by atoms with E-state index in [-0.39, 0.29) is 5.56 Å². The zero-order chi connectivity index (χ0) is 13.9. The number of H-pyrrole nitrogens is 1. The maximum atomic E-state index is 11.5. The van der Waals surface area contributed by atoms with Crippen molar-refractivity contribution in [1.29, 1.82) is 0 Å². The van der Waals surface area contributed by atoms with E-state index in [1.54, 1.807) is 0 Å². The van der Waals surface area contributed by atoms with Crippen LogP contribution in [0.2, 0.25) is 0 Å². The average Bonchev–Trinajstić information content (AvgIpc) is 2.92. The molecule has 0 saturated carbocycles. The number of rotatable bonds is 4. The van der Waals surface area contributed by atoms with Crippen LogP contribution in [0.3, 0.4) is 0 Å². The molecule has 0 aliphatic carbocycles. The van der Waals surface area contributed by atoms with Crippen molar-refractivity contribution in [1.82, 2.24) is 15.3 Å². The molecule has 0 saturated heterocycles. The van der Waals surface area contributed by atoms with Gasteiger partial charge in [0.15, 0.2) is 0 Å². The molecule has 1 aromatic heterocycles. The first kappa shape index (κ1) is 12.9. The highest BCUT2D eigenvalue weighted by atomic mass is 16.1. The molecule has 2 heterocycles. The van der Waals surface area contributed by atoms with Crippen molar-refractivity contribution in [2.45, 2.75) is 33.0 Å². The molecule has 5 heteroatoms. The molecule has 0 spiro atoms. The maximum Gasteiger partial charge on any atom is 0.252 e. The first-order valence-corrected chi connectivity index (χ1v) is 6.90. The Morgan fingerprint density at radius 2 is 2.10 bits per heavy atom. The third-order valence-electron chi connectivity index (χ3n) is 3.50. The second kappa shape index (κ2) is 5.46. The molecule has 0 bridgehead atoms.